The first kappa shape index (κ1) is 34.0. The molecular weight excluding hydrogens is 647 g/mol. The molecule has 1 nitrogen and oxygen atoms in total. The second-order valence-corrected chi connectivity index (χ2v) is 9.52. The molecule has 0 bridgehead atoms. The van der Waals surface area contributed by atoms with Gasteiger partial charge in [0.1, 0.15) is 63.4 Å². The fraction of sp³-hybridized carbons (Fsp3) is 0.125. The highest BCUT2D eigenvalue weighted by Gasteiger charge is 2.42. The SMILES string of the molecule is C=CCCc1cc(F)c(-c2cc(F)c(C(F)(F)Oc3cc(F)c(C#Cc4cc(F)c(C(F)(F)F)c(F)c4)c(F)c3)c(F)c2)c(F)c1. The van der Waals surface area contributed by atoms with Crippen LogP contribution in [0, 0.1) is 58.4 Å². The Labute approximate surface area is 251 Å². The van der Waals surface area contributed by atoms with Gasteiger partial charge in [0, 0.05) is 17.7 Å². The van der Waals surface area contributed by atoms with Gasteiger partial charge in [-0.05, 0) is 60.4 Å². The average Bonchev–Trinajstić information content (AvgIpc) is 2.89. The lowest BCUT2D eigenvalue weighted by Crippen LogP contribution is -2.25. The van der Waals surface area contributed by atoms with E-state index in [1.807, 2.05) is 5.92 Å². The second kappa shape index (κ2) is 12.8. The molecule has 0 aliphatic carbocycles. The van der Waals surface area contributed by atoms with Gasteiger partial charge >= 0.3 is 12.3 Å². The molecule has 0 N–H and O–H groups in total. The number of hydrogen-bond acceptors (Lipinski definition) is 1. The average molecular weight is 662 g/mol. The van der Waals surface area contributed by atoms with Gasteiger partial charge in [-0.2, -0.15) is 22.0 Å². The number of allylic oxidation sites excluding steroid dienone is 1. The highest BCUT2D eigenvalue weighted by Crippen LogP contribution is 2.39. The van der Waals surface area contributed by atoms with Gasteiger partial charge in [0.2, 0.25) is 0 Å². The summed E-state index contributed by atoms with van der Waals surface area (Å²) < 4.78 is 187. The summed E-state index contributed by atoms with van der Waals surface area (Å²) in [6.45, 7) is 3.47. The van der Waals surface area contributed by atoms with Gasteiger partial charge in [-0.3, -0.25) is 0 Å². The Bertz CT molecular complexity index is 1810. The minimum Gasteiger partial charge on any atom is -0.429 e. The Morgan fingerprint density at radius 2 is 1.11 bits per heavy atom. The molecule has 240 valence electrons. The molecule has 4 rings (SSSR count). The molecule has 0 unspecified atom stereocenters. The molecule has 0 saturated carbocycles. The lowest BCUT2D eigenvalue weighted by Gasteiger charge is -2.20. The zero-order chi connectivity index (χ0) is 34.1. The zero-order valence-electron chi connectivity index (χ0n) is 22.6. The van der Waals surface area contributed by atoms with Crippen LogP contribution in [0.2, 0.25) is 0 Å². The Balaban J connectivity index is 1.62. The summed E-state index contributed by atoms with van der Waals surface area (Å²) in [7, 11) is 0. The first-order chi connectivity index (χ1) is 21.4. The molecule has 0 atom stereocenters. The van der Waals surface area contributed by atoms with E-state index in [9.17, 15) is 57.1 Å². The van der Waals surface area contributed by atoms with Crippen LogP contribution in [0.5, 0.6) is 5.75 Å². The van der Waals surface area contributed by atoms with Crippen molar-refractivity contribution in [3.8, 4) is 28.7 Å². The fourth-order valence-electron chi connectivity index (χ4n) is 4.29. The monoisotopic (exact) mass is 662 g/mol. The van der Waals surface area contributed by atoms with Crippen molar-refractivity contribution >= 4 is 0 Å². The minimum absolute atomic E-state index is 0.109. The predicted octanol–water partition coefficient (Wildman–Crippen LogP) is 10.1. The quantitative estimate of drug-likeness (QED) is 0.109. The van der Waals surface area contributed by atoms with Gasteiger partial charge in [-0.15, -0.1) is 6.58 Å². The Morgan fingerprint density at radius 1 is 0.609 bits per heavy atom. The molecule has 0 fully saturated rings. The van der Waals surface area contributed by atoms with Crippen molar-refractivity contribution in [2.75, 3.05) is 0 Å². The molecule has 0 amide bonds. The number of halogens is 13. The van der Waals surface area contributed by atoms with E-state index in [0.29, 0.717) is 6.42 Å². The molecule has 0 heterocycles. The second-order valence-electron chi connectivity index (χ2n) is 9.52. The van der Waals surface area contributed by atoms with Crippen molar-refractivity contribution in [3.05, 3.63) is 136 Å². The molecule has 0 aromatic heterocycles. The van der Waals surface area contributed by atoms with Crippen molar-refractivity contribution in [1.29, 1.82) is 0 Å². The topological polar surface area (TPSA) is 9.23 Å². The van der Waals surface area contributed by atoms with Crippen LogP contribution in [-0.2, 0) is 18.7 Å². The van der Waals surface area contributed by atoms with E-state index in [2.05, 4.69) is 11.3 Å². The largest absolute Gasteiger partial charge is 0.432 e. The summed E-state index contributed by atoms with van der Waals surface area (Å²) in [4.78, 5) is 0. The zero-order valence-corrected chi connectivity index (χ0v) is 22.6. The van der Waals surface area contributed by atoms with Crippen LogP contribution in [-0.4, -0.2) is 0 Å². The Kier molecular flexibility index (Phi) is 9.46. The fourth-order valence-corrected chi connectivity index (χ4v) is 4.29. The summed E-state index contributed by atoms with van der Waals surface area (Å²) in [6.07, 6.45) is -8.31. The van der Waals surface area contributed by atoms with Crippen molar-refractivity contribution in [1.82, 2.24) is 0 Å². The smallest absolute Gasteiger partial charge is 0.429 e. The Morgan fingerprint density at radius 3 is 1.59 bits per heavy atom. The van der Waals surface area contributed by atoms with Gasteiger partial charge in [0.15, 0.2) is 0 Å². The molecule has 0 radical (unpaired) electrons. The van der Waals surface area contributed by atoms with E-state index < -0.39 is 98.0 Å². The van der Waals surface area contributed by atoms with Gasteiger partial charge in [0.05, 0.1) is 11.1 Å². The van der Waals surface area contributed by atoms with Gasteiger partial charge in [0.25, 0.3) is 0 Å². The van der Waals surface area contributed by atoms with E-state index in [4.69, 9.17) is 0 Å². The number of alkyl halides is 5. The molecule has 4 aromatic rings. The van der Waals surface area contributed by atoms with Crippen LogP contribution >= 0.6 is 0 Å². The third-order valence-corrected chi connectivity index (χ3v) is 6.28. The summed E-state index contributed by atoms with van der Waals surface area (Å²) in [6, 6.07) is 2.68. The van der Waals surface area contributed by atoms with Gasteiger partial charge in [-0.25, -0.2) is 35.1 Å². The standard InChI is InChI=1S/C32H15F13O/c1-2-3-4-15-7-22(35)28(23(36)8-15)17-11-26(39)30(27(40)12-17)32(44,45)46-18-13-20(33)19(21(34)14-18)6-5-16-9-24(37)29(25(38)10-16)31(41,42)43/h2,7-14H,1,3-4H2. The number of hydrogen-bond donors (Lipinski definition) is 0. The molecule has 4 aromatic carbocycles. The number of rotatable bonds is 7. The summed E-state index contributed by atoms with van der Waals surface area (Å²) in [5, 5.41) is 0. The maximum absolute atomic E-state index is 14.9. The van der Waals surface area contributed by atoms with Crippen molar-refractivity contribution in [3.63, 3.8) is 0 Å². The van der Waals surface area contributed by atoms with Crippen LogP contribution in [0.1, 0.15) is 34.2 Å². The van der Waals surface area contributed by atoms with Crippen LogP contribution in [0.4, 0.5) is 57.1 Å². The van der Waals surface area contributed by atoms with Gasteiger partial charge in [-0.1, -0.05) is 17.9 Å². The molecule has 0 aliphatic heterocycles. The lowest BCUT2D eigenvalue weighted by molar-refractivity contribution is -0.189. The molecule has 0 saturated heterocycles. The van der Waals surface area contributed by atoms with E-state index in [-0.39, 0.29) is 48.4 Å². The maximum atomic E-state index is 14.9. The Hall–Kier alpha value is -4.93. The van der Waals surface area contributed by atoms with E-state index in [0.717, 1.165) is 12.1 Å². The van der Waals surface area contributed by atoms with E-state index in [1.54, 1.807) is 5.92 Å². The van der Waals surface area contributed by atoms with Crippen molar-refractivity contribution in [2.24, 2.45) is 0 Å². The number of benzene rings is 4. The summed E-state index contributed by atoms with van der Waals surface area (Å²) in [5.74, 6) is -11.9. The van der Waals surface area contributed by atoms with Crippen LogP contribution in [0.15, 0.2) is 61.2 Å². The third kappa shape index (κ3) is 7.14. The van der Waals surface area contributed by atoms with E-state index >= 15 is 0 Å². The normalized spacial score (nSPS) is 11.7. The summed E-state index contributed by atoms with van der Waals surface area (Å²) in [5.41, 5.74) is -7.78. The molecule has 0 aliphatic rings. The minimum atomic E-state index is -5.39. The molecule has 0 spiro atoms. The van der Waals surface area contributed by atoms with Crippen LogP contribution in [0.3, 0.4) is 0 Å². The lowest BCUT2D eigenvalue weighted by atomic mass is 9.98. The van der Waals surface area contributed by atoms with Crippen molar-refractivity contribution in [2.45, 2.75) is 25.1 Å². The third-order valence-electron chi connectivity index (χ3n) is 6.28. The van der Waals surface area contributed by atoms with Gasteiger partial charge < -0.3 is 4.74 Å². The molecule has 46 heavy (non-hydrogen) atoms. The maximum Gasteiger partial charge on any atom is 0.432 e. The molecular formula is C32H15F13O. The van der Waals surface area contributed by atoms with E-state index in [1.165, 1.54) is 6.08 Å². The highest BCUT2D eigenvalue weighted by atomic mass is 19.4. The first-order valence-corrected chi connectivity index (χ1v) is 12.7. The highest BCUT2D eigenvalue weighted by molar-refractivity contribution is 5.66. The number of aryl methyl sites for hydroxylation is 1. The van der Waals surface area contributed by atoms with Crippen LogP contribution < -0.4 is 4.74 Å². The molecule has 14 heteroatoms. The number of ether oxygens (including phenoxy) is 1. The summed E-state index contributed by atoms with van der Waals surface area (Å²) >= 11 is 0. The predicted molar refractivity (Wildman–Crippen MR) is 138 cm³/mol. The first-order valence-electron chi connectivity index (χ1n) is 12.7. The van der Waals surface area contributed by atoms with Crippen LogP contribution in [0.25, 0.3) is 11.1 Å². The van der Waals surface area contributed by atoms with Crippen molar-refractivity contribution < 1.29 is 61.8 Å².